The summed E-state index contributed by atoms with van der Waals surface area (Å²) in [5, 5.41) is 11.9. The fraction of sp³-hybridized carbons (Fsp3) is 0.0833. The van der Waals surface area contributed by atoms with E-state index in [0.717, 1.165) is 5.69 Å². The fourth-order valence-corrected chi connectivity index (χ4v) is 1.56. The molecule has 1 aromatic heterocycles. The van der Waals surface area contributed by atoms with Crippen LogP contribution in [0.4, 0.5) is 17.3 Å². The van der Waals surface area contributed by atoms with Crippen LogP contribution in [0.1, 0.15) is 5.56 Å². The Labute approximate surface area is 110 Å². The Hall–Kier alpha value is -2.85. The van der Waals surface area contributed by atoms with Crippen LogP contribution in [-0.2, 0) is 0 Å². The predicted molar refractivity (Wildman–Crippen MR) is 70.8 cm³/mol. The molecule has 2 aromatic rings. The maximum Gasteiger partial charge on any atom is 0.205 e. The molecule has 7 heteroatoms. The molecule has 0 aliphatic carbocycles. The van der Waals surface area contributed by atoms with E-state index in [1.165, 1.54) is 13.4 Å². The third-order valence-corrected chi connectivity index (χ3v) is 2.40. The van der Waals surface area contributed by atoms with Gasteiger partial charge in [0.2, 0.25) is 5.75 Å². The SMILES string of the molecule is COc1c(NN)ncnc1Nc1cccc(C#N)c1. The average molecular weight is 256 g/mol. The third-order valence-electron chi connectivity index (χ3n) is 2.40. The van der Waals surface area contributed by atoms with Crippen molar-refractivity contribution in [2.45, 2.75) is 0 Å². The van der Waals surface area contributed by atoms with Gasteiger partial charge in [0.15, 0.2) is 11.6 Å². The van der Waals surface area contributed by atoms with E-state index in [4.69, 9.17) is 15.8 Å². The molecular formula is C12H12N6O. The van der Waals surface area contributed by atoms with Gasteiger partial charge in [0.05, 0.1) is 18.7 Å². The second kappa shape index (κ2) is 5.66. The normalized spacial score (nSPS) is 9.53. The van der Waals surface area contributed by atoms with Gasteiger partial charge >= 0.3 is 0 Å². The minimum Gasteiger partial charge on any atom is -0.490 e. The van der Waals surface area contributed by atoms with Crippen molar-refractivity contribution in [3.05, 3.63) is 36.2 Å². The van der Waals surface area contributed by atoms with Crippen molar-refractivity contribution in [1.29, 1.82) is 5.26 Å². The predicted octanol–water partition coefficient (Wildman–Crippen LogP) is 1.39. The summed E-state index contributed by atoms with van der Waals surface area (Å²) < 4.78 is 5.20. The lowest BCUT2D eigenvalue weighted by atomic mass is 10.2. The molecule has 0 fully saturated rings. The van der Waals surface area contributed by atoms with Gasteiger partial charge in [-0.3, -0.25) is 0 Å². The van der Waals surface area contributed by atoms with Crippen LogP contribution < -0.4 is 21.3 Å². The summed E-state index contributed by atoms with van der Waals surface area (Å²) >= 11 is 0. The number of rotatable bonds is 4. The number of nitriles is 1. The van der Waals surface area contributed by atoms with Crippen LogP contribution in [-0.4, -0.2) is 17.1 Å². The van der Waals surface area contributed by atoms with Crippen molar-refractivity contribution < 1.29 is 4.74 Å². The van der Waals surface area contributed by atoms with E-state index in [0.29, 0.717) is 22.9 Å². The number of anilines is 3. The van der Waals surface area contributed by atoms with Crippen LogP contribution >= 0.6 is 0 Å². The van der Waals surface area contributed by atoms with Crippen molar-refractivity contribution in [3.8, 4) is 11.8 Å². The molecule has 2 rings (SSSR count). The first-order valence-electron chi connectivity index (χ1n) is 5.41. The van der Waals surface area contributed by atoms with Crippen LogP contribution in [0.2, 0.25) is 0 Å². The zero-order valence-electron chi connectivity index (χ0n) is 10.2. The van der Waals surface area contributed by atoms with Crippen LogP contribution in [0.5, 0.6) is 5.75 Å². The first-order valence-corrected chi connectivity index (χ1v) is 5.41. The lowest BCUT2D eigenvalue weighted by Crippen LogP contribution is -2.11. The highest BCUT2D eigenvalue weighted by molar-refractivity contribution is 5.69. The highest BCUT2D eigenvalue weighted by Gasteiger charge is 2.11. The number of aromatic nitrogens is 2. The summed E-state index contributed by atoms with van der Waals surface area (Å²) in [7, 11) is 1.50. The summed E-state index contributed by atoms with van der Waals surface area (Å²) in [6.07, 6.45) is 1.36. The van der Waals surface area contributed by atoms with E-state index in [1.807, 2.05) is 6.07 Å². The summed E-state index contributed by atoms with van der Waals surface area (Å²) in [6.45, 7) is 0. The first kappa shape index (κ1) is 12.6. The van der Waals surface area contributed by atoms with Crippen molar-refractivity contribution in [2.75, 3.05) is 17.9 Å². The number of nitrogens with zero attached hydrogens (tertiary/aromatic N) is 3. The molecule has 0 saturated heterocycles. The monoisotopic (exact) mass is 256 g/mol. The molecule has 0 bridgehead atoms. The van der Waals surface area contributed by atoms with E-state index >= 15 is 0 Å². The van der Waals surface area contributed by atoms with Gasteiger partial charge in [-0.2, -0.15) is 5.26 Å². The Kier molecular flexibility index (Phi) is 3.75. The van der Waals surface area contributed by atoms with Gasteiger partial charge in [-0.25, -0.2) is 15.8 Å². The Morgan fingerprint density at radius 2 is 2.11 bits per heavy atom. The molecule has 0 spiro atoms. The van der Waals surface area contributed by atoms with Crippen LogP contribution in [0, 0.1) is 11.3 Å². The Morgan fingerprint density at radius 3 is 2.79 bits per heavy atom. The number of ether oxygens (including phenoxy) is 1. The lowest BCUT2D eigenvalue weighted by molar-refractivity contribution is 0.415. The van der Waals surface area contributed by atoms with E-state index in [-0.39, 0.29) is 0 Å². The minimum atomic E-state index is 0.372. The maximum absolute atomic E-state index is 8.86. The van der Waals surface area contributed by atoms with Crippen molar-refractivity contribution >= 4 is 17.3 Å². The molecule has 1 heterocycles. The summed E-state index contributed by atoms with van der Waals surface area (Å²) in [4.78, 5) is 8.02. The smallest absolute Gasteiger partial charge is 0.205 e. The van der Waals surface area contributed by atoms with Gasteiger partial charge in [0.1, 0.15) is 6.33 Å². The van der Waals surface area contributed by atoms with Crippen LogP contribution in [0.15, 0.2) is 30.6 Å². The van der Waals surface area contributed by atoms with Crippen molar-refractivity contribution in [1.82, 2.24) is 9.97 Å². The number of nitrogens with one attached hydrogen (secondary N) is 2. The van der Waals surface area contributed by atoms with E-state index < -0.39 is 0 Å². The van der Waals surface area contributed by atoms with Crippen LogP contribution in [0.25, 0.3) is 0 Å². The topological polar surface area (TPSA) is 109 Å². The number of benzene rings is 1. The van der Waals surface area contributed by atoms with Gasteiger partial charge in [0, 0.05) is 5.69 Å². The zero-order chi connectivity index (χ0) is 13.7. The Balaban J connectivity index is 2.35. The lowest BCUT2D eigenvalue weighted by Gasteiger charge is -2.12. The summed E-state index contributed by atoms with van der Waals surface area (Å²) in [5.74, 6) is 6.57. The average Bonchev–Trinajstić information content (AvgIpc) is 2.47. The number of nitrogen functional groups attached to an aromatic ring is 1. The van der Waals surface area contributed by atoms with Gasteiger partial charge in [0.25, 0.3) is 0 Å². The Bertz CT molecular complexity index is 622. The first-order chi connectivity index (χ1) is 9.28. The zero-order valence-corrected chi connectivity index (χ0v) is 10.2. The molecule has 96 valence electrons. The number of hydrogen-bond donors (Lipinski definition) is 3. The van der Waals surface area contributed by atoms with Gasteiger partial charge in [-0.15, -0.1) is 0 Å². The molecule has 1 aromatic carbocycles. The molecule has 0 amide bonds. The standard InChI is InChI=1S/C12H12N6O/c1-19-10-11(15-7-16-12(10)18-14)17-9-4-2-3-8(5-9)6-13/h2-5,7H,14H2,1H3,(H2,15,16,17,18). The van der Waals surface area contributed by atoms with Gasteiger partial charge in [-0.1, -0.05) is 6.07 Å². The number of hydrazine groups is 1. The van der Waals surface area contributed by atoms with Crippen molar-refractivity contribution in [2.24, 2.45) is 5.84 Å². The highest BCUT2D eigenvalue weighted by atomic mass is 16.5. The molecule has 0 radical (unpaired) electrons. The minimum absolute atomic E-state index is 0.372. The number of hydrogen-bond acceptors (Lipinski definition) is 7. The van der Waals surface area contributed by atoms with Gasteiger partial charge < -0.3 is 15.5 Å². The molecule has 0 saturated carbocycles. The van der Waals surface area contributed by atoms with Crippen LogP contribution in [0.3, 0.4) is 0 Å². The molecule has 0 aliphatic rings. The molecule has 7 nitrogen and oxygen atoms in total. The second-order valence-electron chi connectivity index (χ2n) is 3.57. The third kappa shape index (κ3) is 2.70. The molecule has 19 heavy (non-hydrogen) atoms. The summed E-state index contributed by atoms with van der Waals surface area (Å²) in [6, 6.07) is 9.08. The van der Waals surface area contributed by atoms with Gasteiger partial charge in [-0.05, 0) is 18.2 Å². The molecule has 0 unspecified atom stereocenters. The highest BCUT2D eigenvalue weighted by Crippen LogP contribution is 2.30. The summed E-state index contributed by atoms with van der Waals surface area (Å²) in [5.41, 5.74) is 3.70. The van der Waals surface area contributed by atoms with E-state index in [1.54, 1.807) is 18.2 Å². The largest absolute Gasteiger partial charge is 0.490 e. The fourth-order valence-electron chi connectivity index (χ4n) is 1.56. The number of methoxy groups -OCH3 is 1. The Morgan fingerprint density at radius 1 is 1.32 bits per heavy atom. The van der Waals surface area contributed by atoms with Crippen molar-refractivity contribution in [3.63, 3.8) is 0 Å². The quantitative estimate of drug-likeness (QED) is 0.560. The molecule has 0 atom stereocenters. The van der Waals surface area contributed by atoms with E-state index in [9.17, 15) is 0 Å². The second-order valence-corrected chi connectivity index (χ2v) is 3.57. The van der Waals surface area contributed by atoms with E-state index in [2.05, 4.69) is 26.8 Å². The number of nitrogens with two attached hydrogens (primary N) is 1. The molecule has 4 N–H and O–H groups in total. The molecule has 0 aliphatic heterocycles. The molecular weight excluding hydrogens is 244 g/mol. The maximum atomic E-state index is 8.86.